The first-order valence-corrected chi connectivity index (χ1v) is 6.62. The smallest absolute Gasteiger partial charge is 0.0832 e. The molecule has 98 valence electrons. The molecule has 3 atom stereocenters. The molecule has 0 aromatic carbocycles. The molecule has 0 amide bonds. The first-order valence-electron chi connectivity index (χ1n) is 6.62. The standard InChI is InChI=1S/C15H23N3/c1-5-13(17(2)3)15(9-7-10-16-12-15)14-8-6-11-18(14)4/h1,7,9-10,13-14H,6,8,11-12H2,2-4H3. The molecular formula is C15H23N3. The van der Waals surface area contributed by atoms with E-state index in [0.717, 1.165) is 13.1 Å². The van der Waals surface area contributed by atoms with Gasteiger partial charge in [-0.3, -0.25) is 9.89 Å². The van der Waals surface area contributed by atoms with Gasteiger partial charge in [0.1, 0.15) is 0 Å². The van der Waals surface area contributed by atoms with Crippen molar-refractivity contribution in [3.05, 3.63) is 12.2 Å². The van der Waals surface area contributed by atoms with Gasteiger partial charge in [-0.1, -0.05) is 12.0 Å². The van der Waals surface area contributed by atoms with Gasteiger partial charge in [0.05, 0.1) is 18.0 Å². The van der Waals surface area contributed by atoms with Crippen LogP contribution in [0.1, 0.15) is 12.8 Å². The minimum atomic E-state index is -0.0434. The monoisotopic (exact) mass is 245 g/mol. The molecule has 2 aliphatic heterocycles. The van der Waals surface area contributed by atoms with E-state index in [2.05, 4.69) is 54.0 Å². The number of hydrogen-bond donors (Lipinski definition) is 0. The fourth-order valence-electron chi connectivity index (χ4n) is 3.50. The van der Waals surface area contributed by atoms with Crippen molar-refractivity contribution in [1.82, 2.24) is 9.80 Å². The van der Waals surface area contributed by atoms with Gasteiger partial charge >= 0.3 is 0 Å². The van der Waals surface area contributed by atoms with E-state index in [9.17, 15) is 0 Å². The van der Waals surface area contributed by atoms with Crippen molar-refractivity contribution < 1.29 is 0 Å². The molecule has 0 N–H and O–H groups in total. The lowest BCUT2D eigenvalue weighted by atomic mass is 9.71. The highest BCUT2D eigenvalue weighted by atomic mass is 15.2. The molecule has 1 saturated heterocycles. The van der Waals surface area contributed by atoms with Crippen LogP contribution in [0.3, 0.4) is 0 Å². The summed E-state index contributed by atoms with van der Waals surface area (Å²) in [5, 5.41) is 0. The molecule has 2 aliphatic rings. The minimum absolute atomic E-state index is 0.0434. The second-order valence-electron chi connectivity index (χ2n) is 5.63. The summed E-state index contributed by atoms with van der Waals surface area (Å²) in [5.41, 5.74) is -0.0434. The fraction of sp³-hybridized carbons (Fsp3) is 0.667. The summed E-state index contributed by atoms with van der Waals surface area (Å²) in [6.07, 6.45) is 14.5. The molecule has 0 radical (unpaired) electrons. The molecule has 0 bridgehead atoms. The van der Waals surface area contributed by atoms with Crippen LogP contribution in [-0.2, 0) is 0 Å². The maximum atomic E-state index is 5.81. The van der Waals surface area contributed by atoms with Crippen molar-refractivity contribution >= 4 is 6.21 Å². The zero-order valence-corrected chi connectivity index (χ0v) is 11.6. The molecule has 0 aromatic heterocycles. The highest BCUT2D eigenvalue weighted by Gasteiger charge is 2.47. The first kappa shape index (κ1) is 13.3. The van der Waals surface area contributed by atoms with Gasteiger partial charge in [0.15, 0.2) is 0 Å². The summed E-state index contributed by atoms with van der Waals surface area (Å²) >= 11 is 0. The molecule has 3 unspecified atom stereocenters. The number of terminal acetylenes is 1. The van der Waals surface area contributed by atoms with E-state index < -0.39 is 0 Å². The third-order valence-electron chi connectivity index (χ3n) is 4.29. The van der Waals surface area contributed by atoms with E-state index in [0.29, 0.717) is 6.04 Å². The number of hydrogen-bond acceptors (Lipinski definition) is 3. The number of aliphatic imine (C=N–C) groups is 1. The van der Waals surface area contributed by atoms with E-state index in [1.807, 2.05) is 6.21 Å². The van der Waals surface area contributed by atoms with Crippen LogP contribution in [0.4, 0.5) is 0 Å². The predicted octanol–water partition coefficient (Wildman–Crippen LogP) is 1.27. The van der Waals surface area contributed by atoms with Crippen molar-refractivity contribution in [3.63, 3.8) is 0 Å². The number of allylic oxidation sites excluding steroid dienone is 1. The normalized spacial score (nSPS) is 33.8. The van der Waals surface area contributed by atoms with E-state index in [1.54, 1.807) is 0 Å². The van der Waals surface area contributed by atoms with Crippen molar-refractivity contribution in [2.75, 3.05) is 34.2 Å². The molecular weight excluding hydrogens is 222 g/mol. The van der Waals surface area contributed by atoms with E-state index >= 15 is 0 Å². The van der Waals surface area contributed by atoms with Gasteiger partial charge in [0.25, 0.3) is 0 Å². The van der Waals surface area contributed by atoms with Crippen LogP contribution in [-0.4, -0.2) is 62.3 Å². The molecule has 0 aliphatic carbocycles. The Morgan fingerprint density at radius 1 is 1.56 bits per heavy atom. The third-order valence-corrected chi connectivity index (χ3v) is 4.29. The quantitative estimate of drug-likeness (QED) is 0.697. The van der Waals surface area contributed by atoms with E-state index in [-0.39, 0.29) is 11.5 Å². The van der Waals surface area contributed by atoms with Crippen LogP contribution >= 0.6 is 0 Å². The number of rotatable bonds is 3. The average molecular weight is 245 g/mol. The molecule has 3 heteroatoms. The van der Waals surface area contributed by atoms with Crippen LogP contribution in [0.2, 0.25) is 0 Å². The van der Waals surface area contributed by atoms with Crippen LogP contribution in [0.25, 0.3) is 0 Å². The minimum Gasteiger partial charge on any atom is -0.302 e. The summed E-state index contributed by atoms with van der Waals surface area (Å²) < 4.78 is 0. The van der Waals surface area contributed by atoms with E-state index in [4.69, 9.17) is 6.42 Å². The summed E-state index contributed by atoms with van der Waals surface area (Å²) in [5.74, 6) is 2.98. The Balaban J connectivity index is 2.38. The lowest BCUT2D eigenvalue weighted by Gasteiger charge is -2.45. The summed E-state index contributed by atoms with van der Waals surface area (Å²) in [6, 6.07) is 0.589. The van der Waals surface area contributed by atoms with Gasteiger partial charge in [0, 0.05) is 12.3 Å². The summed E-state index contributed by atoms with van der Waals surface area (Å²) in [6.45, 7) is 1.96. The first-order chi connectivity index (χ1) is 8.62. The second kappa shape index (κ2) is 5.26. The predicted molar refractivity (Wildman–Crippen MR) is 76.9 cm³/mol. The molecule has 3 nitrogen and oxygen atoms in total. The van der Waals surface area contributed by atoms with Gasteiger partial charge in [-0.25, -0.2) is 0 Å². The van der Waals surface area contributed by atoms with Gasteiger partial charge in [0.2, 0.25) is 0 Å². The van der Waals surface area contributed by atoms with Crippen LogP contribution in [0, 0.1) is 17.8 Å². The molecule has 0 saturated carbocycles. The Bertz CT molecular complexity index is 391. The topological polar surface area (TPSA) is 18.8 Å². The number of likely N-dealkylation sites (tertiary alicyclic amines) is 1. The van der Waals surface area contributed by atoms with Gasteiger partial charge in [-0.2, -0.15) is 0 Å². The average Bonchev–Trinajstić information content (AvgIpc) is 2.77. The Kier molecular flexibility index (Phi) is 3.89. The lowest BCUT2D eigenvalue weighted by Crippen LogP contribution is -2.55. The van der Waals surface area contributed by atoms with Crippen LogP contribution < -0.4 is 0 Å². The highest BCUT2D eigenvalue weighted by Crippen LogP contribution is 2.40. The zero-order valence-electron chi connectivity index (χ0n) is 11.6. The summed E-state index contributed by atoms with van der Waals surface area (Å²) in [4.78, 5) is 9.09. The second-order valence-corrected chi connectivity index (χ2v) is 5.63. The van der Waals surface area contributed by atoms with Gasteiger partial charge in [-0.05, 0) is 46.6 Å². The van der Waals surface area contributed by atoms with Gasteiger partial charge < -0.3 is 4.90 Å². The van der Waals surface area contributed by atoms with Crippen molar-refractivity contribution in [2.45, 2.75) is 24.9 Å². The van der Waals surface area contributed by atoms with Crippen LogP contribution in [0.5, 0.6) is 0 Å². The molecule has 1 fully saturated rings. The van der Waals surface area contributed by atoms with Crippen molar-refractivity contribution in [2.24, 2.45) is 10.4 Å². The maximum Gasteiger partial charge on any atom is 0.0832 e. The molecule has 0 aromatic rings. The Morgan fingerprint density at radius 2 is 2.33 bits per heavy atom. The SMILES string of the molecule is C#CC(N(C)C)C1(C2CCCN2C)C=CC=NC1. The lowest BCUT2D eigenvalue weighted by molar-refractivity contribution is 0.0992. The molecule has 18 heavy (non-hydrogen) atoms. The summed E-state index contributed by atoms with van der Waals surface area (Å²) in [7, 11) is 6.33. The Labute approximate surface area is 111 Å². The molecule has 2 rings (SSSR count). The molecule has 0 spiro atoms. The van der Waals surface area contributed by atoms with Crippen molar-refractivity contribution in [1.29, 1.82) is 0 Å². The van der Waals surface area contributed by atoms with Crippen LogP contribution in [0.15, 0.2) is 17.1 Å². The molecule has 2 heterocycles. The maximum absolute atomic E-state index is 5.81. The van der Waals surface area contributed by atoms with Gasteiger partial charge in [-0.15, -0.1) is 6.42 Å². The fourth-order valence-corrected chi connectivity index (χ4v) is 3.50. The number of nitrogens with zero attached hydrogens (tertiary/aromatic N) is 3. The van der Waals surface area contributed by atoms with E-state index in [1.165, 1.54) is 12.8 Å². The number of dihydropyridines is 1. The largest absolute Gasteiger partial charge is 0.302 e. The highest BCUT2D eigenvalue weighted by molar-refractivity contribution is 5.72. The van der Waals surface area contributed by atoms with Crippen molar-refractivity contribution in [3.8, 4) is 12.3 Å². The Hall–Kier alpha value is -1.11. The Morgan fingerprint density at radius 3 is 2.78 bits per heavy atom. The third kappa shape index (κ3) is 2.11. The zero-order chi connectivity index (χ0) is 13.2.